The molecule has 162 valence electrons. The zero-order valence-electron chi connectivity index (χ0n) is 18.1. The first-order valence-corrected chi connectivity index (χ1v) is 10.8. The van der Waals surface area contributed by atoms with Gasteiger partial charge in [0.15, 0.2) is 11.8 Å². The Morgan fingerprint density at radius 3 is 2.76 bits per heavy atom. The number of rotatable bonds is 6. The molecule has 1 saturated carbocycles. The lowest BCUT2D eigenvalue weighted by Crippen LogP contribution is -2.68. The van der Waals surface area contributed by atoms with Crippen molar-refractivity contribution < 1.29 is 9.47 Å². The summed E-state index contributed by atoms with van der Waals surface area (Å²) in [5.74, 6) is 3.18. The molecule has 0 amide bonds. The fourth-order valence-corrected chi connectivity index (χ4v) is 4.81. The van der Waals surface area contributed by atoms with Crippen molar-refractivity contribution in [3.8, 4) is 0 Å². The van der Waals surface area contributed by atoms with Gasteiger partial charge in [0.1, 0.15) is 12.4 Å². The summed E-state index contributed by atoms with van der Waals surface area (Å²) in [7, 11) is 1.98. The molecule has 3 unspecified atom stereocenters. The third kappa shape index (κ3) is 4.27. The molecule has 9 heteroatoms. The van der Waals surface area contributed by atoms with Gasteiger partial charge in [-0.05, 0) is 13.3 Å². The Hall–Kier alpha value is -1.71. The second-order valence-corrected chi connectivity index (χ2v) is 8.96. The maximum Gasteiger partial charge on any atom is 0.192 e. The van der Waals surface area contributed by atoms with Gasteiger partial charge in [-0.15, -0.1) is 10.2 Å². The maximum atomic E-state index is 5.95. The highest BCUT2D eigenvalue weighted by Gasteiger charge is 2.59. The van der Waals surface area contributed by atoms with Crippen molar-refractivity contribution in [1.29, 1.82) is 0 Å². The summed E-state index contributed by atoms with van der Waals surface area (Å²) in [6.07, 6.45) is 1.48. The fraction of sp³-hybridized carbons (Fsp3) is 0.850. The Bertz CT molecular complexity index is 726. The van der Waals surface area contributed by atoms with E-state index in [2.05, 4.69) is 39.6 Å². The van der Waals surface area contributed by atoms with Crippen LogP contribution in [-0.2, 0) is 23.1 Å². The van der Waals surface area contributed by atoms with Crippen molar-refractivity contribution in [2.24, 2.45) is 23.4 Å². The molecule has 3 fully saturated rings. The highest BCUT2D eigenvalue weighted by molar-refractivity contribution is 5.80. The molecular formula is C20H35N7O2. The van der Waals surface area contributed by atoms with Crippen LogP contribution in [0, 0.1) is 18.3 Å². The second-order valence-electron chi connectivity index (χ2n) is 8.96. The van der Waals surface area contributed by atoms with Gasteiger partial charge in [0, 0.05) is 57.2 Å². The lowest BCUT2D eigenvalue weighted by Gasteiger charge is -2.55. The number of nitrogens with zero attached hydrogens (tertiary/aromatic N) is 5. The van der Waals surface area contributed by atoms with E-state index in [1.165, 1.54) is 0 Å². The Balaban J connectivity index is 1.40. The smallest absolute Gasteiger partial charge is 0.192 e. The van der Waals surface area contributed by atoms with Gasteiger partial charge in [-0.3, -0.25) is 4.90 Å². The quantitative estimate of drug-likeness (QED) is 0.520. The maximum absolute atomic E-state index is 5.95. The van der Waals surface area contributed by atoms with Crippen LogP contribution in [0.5, 0.6) is 0 Å². The lowest BCUT2D eigenvalue weighted by molar-refractivity contribution is -0.106. The van der Waals surface area contributed by atoms with E-state index >= 15 is 0 Å². The highest BCUT2D eigenvalue weighted by Crippen LogP contribution is 2.52. The summed E-state index contributed by atoms with van der Waals surface area (Å²) >= 11 is 0. The number of aryl methyl sites for hydroxylation is 1. The van der Waals surface area contributed by atoms with Crippen molar-refractivity contribution >= 4 is 5.96 Å². The van der Waals surface area contributed by atoms with Crippen molar-refractivity contribution in [3.05, 3.63) is 11.6 Å². The number of fused-ring (bicyclic) bond motifs is 1. The molecule has 1 aromatic heterocycles. The molecular weight excluding hydrogens is 370 g/mol. The molecule has 2 aliphatic heterocycles. The van der Waals surface area contributed by atoms with E-state index in [-0.39, 0.29) is 5.41 Å². The van der Waals surface area contributed by atoms with Crippen LogP contribution >= 0.6 is 0 Å². The van der Waals surface area contributed by atoms with Crippen LogP contribution in [0.3, 0.4) is 0 Å². The van der Waals surface area contributed by atoms with Gasteiger partial charge < -0.3 is 24.7 Å². The molecule has 29 heavy (non-hydrogen) atoms. The molecule has 2 N–H and O–H groups in total. The molecule has 1 aliphatic carbocycles. The molecule has 3 heterocycles. The van der Waals surface area contributed by atoms with Crippen LogP contribution in [0.2, 0.25) is 0 Å². The van der Waals surface area contributed by atoms with E-state index in [4.69, 9.17) is 14.5 Å². The predicted molar refractivity (Wildman–Crippen MR) is 111 cm³/mol. The van der Waals surface area contributed by atoms with Gasteiger partial charge in [0.25, 0.3) is 0 Å². The summed E-state index contributed by atoms with van der Waals surface area (Å²) in [5, 5.41) is 15.6. The molecule has 3 atom stereocenters. The van der Waals surface area contributed by atoms with Crippen molar-refractivity contribution in [2.75, 3.05) is 46.0 Å². The lowest BCUT2D eigenvalue weighted by atomic mass is 9.57. The number of guanidine groups is 1. The highest BCUT2D eigenvalue weighted by atomic mass is 16.5. The standard InChI is InChI=1S/C20H35N7O2/c1-14-24-25-16(26(14)4)13-22-19(21-6-7-27-8-11-28-12-9-27)23-17-15-5-10-29-18(15)20(17,2)3/h15,17-18H,5-13H2,1-4H3,(H2,21,22,23). The Kier molecular flexibility index (Phi) is 6.08. The van der Waals surface area contributed by atoms with Gasteiger partial charge in [0.2, 0.25) is 0 Å². The first-order valence-electron chi connectivity index (χ1n) is 10.8. The summed E-state index contributed by atoms with van der Waals surface area (Å²) < 4.78 is 13.4. The van der Waals surface area contributed by atoms with Gasteiger partial charge in [0.05, 0.1) is 19.3 Å². The number of morpholine rings is 1. The first kappa shape index (κ1) is 20.6. The minimum Gasteiger partial charge on any atom is -0.379 e. The third-order valence-corrected chi connectivity index (χ3v) is 6.78. The summed E-state index contributed by atoms with van der Waals surface area (Å²) in [6.45, 7) is 13.4. The van der Waals surface area contributed by atoms with E-state index in [0.29, 0.717) is 24.6 Å². The van der Waals surface area contributed by atoms with Crippen molar-refractivity contribution in [2.45, 2.75) is 45.9 Å². The van der Waals surface area contributed by atoms with Gasteiger partial charge in [-0.1, -0.05) is 13.8 Å². The molecule has 1 aromatic rings. The normalized spacial score (nSPS) is 29.4. The van der Waals surface area contributed by atoms with Crippen LogP contribution in [0.4, 0.5) is 0 Å². The number of nitrogens with one attached hydrogen (secondary N) is 2. The third-order valence-electron chi connectivity index (χ3n) is 6.78. The molecule has 4 rings (SSSR count). The van der Waals surface area contributed by atoms with E-state index in [1.54, 1.807) is 0 Å². The van der Waals surface area contributed by atoms with E-state index in [0.717, 1.165) is 70.0 Å². The van der Waals surface area contributed by atoms with Crippen LogP contribution in [-0.4, -0.2) is 83.8 Å². The van der Waals surface area contributed by atoms with Crippen LogP contribution in [0.25, 0.3) is 0 Å². The molecule has 0 aromatic carbocycles. The van der Waals surface area contributed by atoms with Crippen LogP contribution in [0.1, 0.15) is 31.9 Å². The summed E-state index contributed by atoms with van der Waals surface area (Å²) in [4.78, 5) is 7.26. The first-order chi connectivity index (χ1) is 14.0. The predicted octanol–water partition coefficient (Wildman–Crippen LogP) is 0.304. The number of aromatic nitrogens is 3. The van der Waals surface area contributed by atoms with E-state index in [9.17, 15) is 0 Å². The molecule has 0 spiro atoms. The minimum atomic E-state index is 0.106. The zero-order valence-corrected chi connectivity index (χ0v) is 18.1. The van der Waals surface area contributed by atoms with Crippen LogP contribution < -0.4 is 10.6 Å². The van der Waals surface area contributed by atoms with Gasteiger partial charge in [-0.2, -0.15) is 0 Å². The minimum absolute atomic E-state index is 0.106. The summed E-state index contributed by atoms with van der Waals surface area (Å²) in [5.41, 5.74) is 0.106. The SMILES string of the molecule is Cc1nnc(CN=C(NCCN2CCOCC2)NC2C3CCOC3C2(C)C)n1C. The van der Waals surface area contributed by atoms with Gasteiger partial charge in [-0.25, -0.2) is 4.99 Å². The monoisotopic (exact) mass is 405 g/mol. The van der Waals surface area contributed by atoms with E-state index in [1.807, 2.05) is 18.5 Å². The molecule has 0 radical (unpaired) electrons. The average Bonchev–Trinajstić information content (AvgIpc) is 3.30. The molecule has 9 nitrogen and oxygen atoms in total. The zero-order chi connectivity index (χ0) is 20.4. The van der Waals surface area contributed by atoms with E-state index < -0.39 is 0 Å². The largest absolute Gasteiger partial charge is 0.379 e. The van der Waals surface area contributed by atoms with Crippen molar-refractivity contribution in [3.63, 3.8) is 0 Å². The molecule has 2 saturated heterocycles. The number of aliphatic imine (C=N–C) groups is 1. The van der Waals surface area contributed by atoms with Crippen molar-refractivity contribution in [1.82, 2.24) is 30.3 Å². The fourth-order valence-electron chi connectivity index (χ4n) is 4.81. The molecule has 0 bridgehead atoms. The number of hydrogen-bond acceptors (Lipinski definition) is 6. The topological polar surface area (TPSA) is 88.8 Å². The Labute approximate surface area is 173 Å². The number of hydrogen-bond donors (Lipinski definition) is 2. The Morgan fingerprint density at radius 1 is 1.24 bits per heavy atom. The van der Waals surface area contributed by atoms with Gasteiger partial charge >= 0.3 is 0 Å². The summed E-state index contributed by atoms with van der Waals surface area (Å²) in [6, 6.07) is 0.367. The molecule has 3 aliphatic rings. The number of ether oxygens (including phenoxy) is 2. The van der Waals surface area contributed by atoms with Crippen LogP contribution in [0.15, 0.2) is 4.99 Å². The average molecular weight is 406 g/mol. The Morgan fingerprint density at radius 2 is 2.03 bits per heavy atom. The second kappa shape index (κ2) is 8.57.